The van der Waals surface area contributed by atoms with Crippen LogP contribution < -0.4 is 20.3 Å². The second-order valence-corrected chi connectivity index (χ2v) is 10.3. The fourth-order valence-electron chi connectivity index (χ4n) is 5.14. The molecule has 4 rings (SSSR count). The molecule has 2 aliphatic rings. The summed E-state index contributed by atoms with van der Waals surface area (Å²) in [5, 5.41) is 7.94. The van der Waals surface area contributed by atoms with Crippen LogP contribution in [0.25, 0.3) is 0 Å². The van der Waals surface area contributed by atoms with Gasteiger partial charge in [0.05, 0.1) is 7.11 Å². The van der Waals surface area contributed by atoms with Gasteiger partial charge in [0, 0.05) is 36.1 Å². The van der Waals surface area contributed by atoms with Gasteiger partial charge in [-0.25, -0.2) is 0 Å². The minimum absolute atomic E-state index is 0.0270. The zero-order chi connectivity index (χ0) is 23.3. The summed E-state index contributed by atoms with van der Waals surface area (Å²) in [6.45, 7) is 5.02. The number of hydrogen-bond acceptors (Lipinski definition) is 5. The van der Waals surface area contributed by atoms with Gasteiger partial charge in [-0.1, -0.05) is 49.9 Å². The average molecular weight is 488 g/mol. The Kier molecular flexibility index (Phi) is 7.91. The molecule has 1 aliphatic carbocycles. The quantitative estimate of drug-likeness (QED) is 0.517. The highest BCUT2D eigenvalue weighted by Gasteiger charge is 2.34. The smallest absolute Gasteiger partial charge is 0.234 e. The first kappa shape index (κ1) is 24.0. The van der Waals surface area contributed by atoms with Crippen molar-refractivity contribution >= 4 is 40.7 Å². The van der Waals surface area contributed by atoms with Gasteiger partial charge >= 0.3 is 0 Å². The maximum atomic E-state index is 6.32. The van der Waals surface area contributed by atoms with E-state index in [1.54, 1.807) is 7.11 Å². The second kappa shape index (κ2) is 10.9. The SMILES string of the molecule is COc1cc(N2CCCC(C)C2)nc(NC(=S)NCC2(c3cccc(Cl)c3)CCCCC2)n1. The van der Waals surface area contributed by atoms with E-state index in [0.717, 1.165) is 43.3 Å². The van der Waals surface area contributed by atoms with E-state index in [9.17, 15) is 0 Å². The van der Waals surface area contributed by atoms with Gasteiger partial charge in [0.1, 0.15) is 5.82 Å². The van der Waals surface area contributed by atoms with Gasteiger partial charge in [-0.2, -0.15) is 9.97 Å². The van der Waals surface area contributed by atoms with Crippen LogP contribution in [0.2, 0.25) is 5.02 Å². The minimum Gasteiger partial charge on any atom is -0.481 e. The first-order valence-electron chi connectivity index (χ1n) is 12.0. The molecule has 33 heavy (non-hydrogen) atoms. The van der Waals surface area contributed by atoms with E-state index in [4.69, 9.17) is 33.5 Å². The van der Waals surface area contributed by atoms with Crippen LogP contribution in [-0.4, -0.2) is 41.8 Å². The van der Waals surface area contributed by atoms with Gasteiger partial charge in [-0.05, 0) is 61.5 Å². The van der Waals surface area contributed by atoms with Crippen molar-refractivity contribution in [1.29, 1.82) is 0 Å². The lowest BCUT2D eigenvalue weighted by molar-refractivity contribution is 0.292. The summed E-state index contributed by atoms with van der Waals surface area (Å²) in [6.07, 6.45) is 8.37. The average Bonchev–Trinajstić information content (AvgIpc) is 2.83. The van der Waals surface area contributed by atoms with E-state index in [1.807, 2.05) is 18.2 Å². The molecule has 1 aromatic carbocycles. The van der Waals surface area contributed by atoms with Crippen molar-refractivity contribution < 1.29 is 4.74 Å². The molecule has 0 bridgehead atoms. The molecular formula is C25H34ClN5OS. The number of thiocarbonyl (C=S) groups is 1. The fraction of sp³-hybridized carbons (Fsp3) is 0.560. The summed E-state index contributed by atoms with van der Waals surface area (Å²) < 4.78 is 5.44. The van der Waals surface area contributed by atoms with Gasteiger partial charge in [0.25, 0.3) is 0 Å². The van der Waals surface area contributed by atoms with Crippen LogP contribution in [-0.2, 0) is 5.41 Å². The van der Waals surface area contributed by atoms with Crippen LogP contribution in [0.5, 0.6) is 5.88 Å². The molecule has 2 N–H and O–H groups in total. The van der Waals surface area contributed by atoms with Gasteiger partial charge in [-0.15, -0.1) is 0 Å². The van der Waals surface area contributed by atoms with Crippen molar-refractivity contribution in [3.05, 3.63) is 40.9 Å². The third kappa shape index (κ3) is 6.07. The predicted octanol–water partition coefficient (Wildman–Crippen LogP) is 5.56. The Balaban J connectivity index is 1.46. The molecule has 2 fully saturated rings. The van der Waals surface area contributed by atoms with E-state index in [0.29, 0.717) is 22.9 Å². The summed E-state index contributed by atoms with van der Waals surface area (Å²) in [4.78, 5) is 11.5. The van der Waals surface area contributed by atoms with Crippen molar-refractivity contribution in [2.24, 2.45) is 5.92 Å². The molecule has 1 aliphatic heterocycles. The van der Waals surface area contributed by atoms with E-state index in [1.165, 1.54) is 37.7 Å². The van der Waals surface area contributed by atoms with Crippen LogP contribution in [0.15, 0.2) is 30.3 Å². The predicted molar refractivity (Wildman–Crippen MR) is 140 cm³/mol. The van der Waals surface area contributed by atoms with E-state index in [-0.39, 0.29) is 5.41 Å². The van der Waals surface area contributed by atoms with Gasteiger partial charge in [0.2, 0.25) is 11.8 Å². The van der Waals surface area contributed by atoms with Crippen molar-refractivity contribution in [1.82, 2.24) is 15.3 Å². The number of halogens is 1. The number of nitrogens with one attached hydrogen (secondary N) is 2. The topological polar surface area (TPSA) is 62.3 Å². The molecule has 0 spiro atoms. The fourth-order valence-corrected chi connectivity index (χ4v) is 5.50. The molecule has 8 heteroatoms. The lowest BCUT2D eigenvalue weighted by atomic mass is 9.69. The lowest BCUT2D eigenvalue weighted by Gasteiger charge is -2.38. The molecule has 1 atom stereocenters. The first-order valence-corrected chi connectivity index (χ1v) is 12.7. The summed E-state index contributed by atoms with van der Waals surface area (Å²) >= 11 is 12.0. The summed E-state index contributed by atoms with van der Waals surface area (Å²) in [5.41, 5.74) is 1.31. The van der Waals surface area contributed by atoms with E-state index < -0.39 is 0 Å². The van der Waals surface area contributed by atoms with Crippen LogP contribution in [0.3, 0.4) is 0 Å². The third-order valence-corrected chi connectivity index (χ3v) is 7.42. The monoisotopic (exact) mass is 487 g/mol. The van der Waals surface area contributed by atoms with Gasteiger partial charge in [-0.3, -0.25) is 0 Å². The number of nitrogens with zero attached hydrogens (tertiary/aromatic N) is 3. The van der Waals surface area contributed by atoms with Crippen molar-refractivity contribution in [3.8, 4) is 5.88 Å². The molecule has 6 nitrogen and oxygen atoms in total. The van der Waals surface area contributed by atoms with Crippen LogP contribution in [0.1, 0.15) is 57.4 Å². The van der Waals surface area contributed by atoms with Gasteiger partial charge < -0.3 is 20.3 Å². The molecule has 1 aromatic heterocycles. The second-order valence-electron chi connectivity index (χ2n) is 9.44. The standard InChI is InChI=1S/C25H34ClN5OS/c1-18-8-7-13-31(16-18)21-15-22(32-2)29-23(28-21)30-24(33)27-17-25(11-4-3-5-12-25)19-9-6-10-20(26)14-19/h6,9-10,14-15,18H,3-5,7-8,11-13,16-17H2,1-2H3,(H2,27,28,29,30,33). The van der Waals surface area contributed by atoms with Crippen molar-refractivity contribution in [2.45, 2.75) is 57.3 Å². The number of benzene rings is 1. The number of rotatable bonds is 6. The number of anilines is 2. The summed E-state index contributed by atoms with van der Waals surface area (Å²) in [6, 6.07) is 10.2. The van der Waals surface area contributed by atoms with E-state index in [2.05, 4.69) is 39.6 Å². The molecule has 1 saturated heterocycles. The Morgan fingerprint density at radius 1 is 1.21 bits per heavy atom. The molecule has 178 valence electrons. The number of ether oxygens (including phenoxy) is 1. The maximum absolute atomic E-state index is 6.32. The van der Waals surface area contributed by atoms with Crippen LogP contribution in [0.4, 0.5) is 11.8 Å². The minimum atomic E-state index is 0.0270. The van der Waals surface area contributed by atoms with Crippen molar-refractivity contribution in [2.75, 3.05) is 37.0 Å². The number of aromatic nitrogens is 2. The largest absolute Gasteiger partial charge is 0.481 e. The molecule has 0 amide bonds. The third-order valence-electron chi connectivity index (χ3n) is 6.94. The summed E-state index contributed by atoms with van der Waals surface area (Å²) in [5.74, 6) is 2.52. The number of piperidine rings is 1. The zero-order valence-electron chi connectivity index (χ0n) is 19.6. The maximum Gasteiger partial charge on any atom is 0.234 e. The molecular weight excluding hydrogens is 454 g/mol. The Hall–Kier alpha value is -2.12. The Labute approximate surface area is 207 Å². The van der Waals surface area contributed by atoms with E-state index >= 15 is 0 Å². The van der Waals surface area contributed by atoms with Crippen molar-refractivity contribution in [3.63, 3.8) is 0 Å². The molecule has 0 radical (unpaired) electrons. The lowest BCUT2D eigenvalue weighted by Crippen LogP contribution is -2.43. The first-order chi connectivity index (χ1) is 16.0. The van der Waals surface area contributed by atoms with Crippen LogP contribution >= 0.6 is 23.8 Å². The Morgan fingerprint density at radius 3 is 2.76 bits per heavy atom. The Morgan fingerprint density at radius 2 is 2.03 bits per heavy atom. The molecule has 1 unspecified atom stereocenters. The Bertz CT molecular complexity index is 966. The highest BCUT2D eigenvalue weighted by Crippen LogP contribution is 2.39. The van der Waals surface area contributed by atoms with Crippen LogP contribution in [0, 0.1) is 5.92 Å². The zero-order valence-corrected chi connectivity index (χ0v) is 21.1. The normalized spacial score (nSPS) is 20.2. The molecule has 1 saturated carbocycles. The highest BCUT2D eigenvalue weighted by atomic mass is 35.5. The molecule has 2 aromatic rings. The van der Waals surface area contributed by atoms with Gasteiger partial charge in [0.15, 0.2) is 5.11 Å². The number of methoxy groups -OCH3 is 1. The summed E-state index contributed by atoms with van der Waals surface area (Å²) in [7, 11) is 1.63. The molecule has 2 heterocycles. The highest BCUT2D eigenvalue weighted by molar-refractivity contribution is 7.80. The number of hydrogen-bond donors (Lipinski definition) is 2.